The Hall–Kier alpha value is -2.02. The van der Waals surface area contributed by atoms with Crippen molar-refractivity contribution in [3.05, 3.63) is 35.7 Å². The molecular weight excluding hydrogens is 338 g/mol. The lowest BCUT2D eigenvalue weighted by Crippen LogP contribution is -2.05. The maximum atomic E-state index is 11.4. The van der Waals surface area contributed by atoms with Crippen molar-refractivity contribution in [2.45, 2.75) is 42.8 Å². The van der Waals surface area contributed by atoms with Crippen LogP contribution >= 0.6 is 11.8 Å². The largest absolute Gasteiger partial charge is 0.493 e. The molecular formula is C18H21N3O3S. The van der Waals surface area contributed by atoms with E-state index in [1.165, 1.54) is 38.6 Å². The maximum absolute atomic E-state index is 11.4. The fourth-order valence-corrected chi connectivity index (χ4v) is 3.61. The molecule has 0 bridgehead atoms. The van der Waals surface area contributed by atoms with Gasteiger partial charge in [0.25, 0.3) is 0 Å². The van der Waals surface area contributed by atoms with E-state index in [4.69, 9.17) is 4.74 Å². The summed E-state index contributed by atoms with van der Waals surface area (Å²) >= 11 is 1.70. The van der Waals surface area contributed by atoms with Gasteiger partial charge in [0.2, 0.25) is 0 Å². The van der Waals surface area contributed by atoms with Crippen LogP contribution in [0.4, 0.5) is 0 Å². The number of nitrogens with zero attached hydrogens (tertiary/aromatic N) is 3. The standard InChI is InChI=1S/C18H21N3O3S/c1-23-17(22)13-4-8-15(9-5-13)24-10-11-25-18-20-19-16(12-2-3-12)21(18)14-6-7-14/h4-5,8-9,12,14H,2-3,6-7,10-11H2,1H3. The molecule has 4 rings (SSSR count). The van der Waals surface area contributed by atoms with Crippen molar-refractivity contribution >= 4 is 17.7 Å². The molecule has 0 N–H and O–H groups in total. The topological polar surface area (TPSA) is 66.2 Å². The highest BCUT2D eigenvalue weighted by atomic mass is 32.2. The van der Waals surface area contributed by atoms with E-state index in [9.17, 15) is 4.79 Å². The highest BCUT2D eigenvalue weighted by Crippen LogP contribution is 2.45. The second-order valence-electron chi connectivity index (χ2n) is 6.43. The first-order valence-electron chi connectivity index (χ1n) is 8.65. The van der Waals surface area contributed by atoms with Gasteiger partial charge in [-0.1, -0.05) is 11.8 Å². The molecule has 6 nitrogen and oxygen atoms in total. The molecule has 1 aromatic carbocycles. The number of esters is 1. The molecule has 0 amide bonds. The smallest absolute Gasteiger partial charge is 0.337 e. The zero-order valence-electron chi connectivity index (χ0n) is 14.2. The predicted octanol–water partition coefficient (Wildman–Crippen LogP) is 3.45. The number of carbonyl (C=O) groups excluding carboxylic acids is 1. The minimum atomic E-state index is -0.340. The van der Waals surface area contributed by atoms with Crippen molar-refractivity contribution in [2.24, 2.45) is 0 Å². The van der Waals surface area contributed by atoms with Gasteiger partial charge >= 0.3 is 5.97 Å². The normalized spacial score (nSPS) is 16.7. The Bertz CT molecular complexity index is 751. The number of rotatable bonds is 8. The third-order valence-electron chi connectivity index (χ3n) is 4.40. The quantitative estimate of drug-likeness (QED) is 0.409. The van der Waals surface area contributed by atoms with Crippen molar-refractivity contribution in [1.82, 2.24) is 14.8 Å². The molecule has 25 heavy (non-hydrogen) atoms. The molecule has 2 saturated carbocycles. The summed E-state index contributed by atoms with van der Waals surface area (Å²) in [6, 6.07) is 7.60. The Morgan fingerprint density at radius 1 is 1.20 bits per heavy atom. The van der Waals surface area contributed by atoms with Crippen molar-refractivity contribution in [3.8, 4) is 5.75 Å². The van der Waals surface area contributed by atoms with Gasteiger partial charge in [0, 0.05) is 17.7 Å². The molecule has 2 aromatic rings. The summed E-state index contributed by atoms with van der Waals surface area (Å²) in [7, 11) is 1.37. The number of hydrogen-bond acceptors (Lipinski definition) is 6. The third-order valence-corrected chi connectivity index (χ3v) is 5.31. The highest BCUT2D eigenvalue weighted by Gasteiger charge is 2.36. The monoisotopic (exact) mass is 359 g/mol. The van der Waals surface area contributed by atoms with Gasteiger partial charge in [0.05, 0.1) is 19.3 Å². The average molecular weight is 359 g/mol. The number of ether oxygens (including phenoxy) is 2. The fraction of sp³-hybridized carbons (Fsp3) is 0.500. The zero-order valence-corrected chi connectivity index (χ0v) is 15.0. The van der Waals surface area contributed by atoms with E-state index in [-0.39, 0.29) is 5.97 Å². The first kappa shape index (κ1) is 16.4. The number of hydrogen-bond donors (Lipinski definition) is 0. The van der Waals surface area contributed by atoms with Gasteiger partial charge in [0.1, 0.15) is 11.6 Å². The van der Waals surface area contributed by atoms with Crippen molar-refractivity contribution in [1.29, 1.82) is 0 Å². The van der Waals surface area contributed by atoms with Crippen LogP contribution in [0.3, 0.4) is 0 Å². The molecule has 2 aliphatic rings. The van der Waals surface area contributed by atoms with Crippen LogP contribution in [0.1, 0.15) is 53.8 Å². The second-order valence-corrected chi connectivity index (χ2v) is 7.49. The Balaban J connectivity index is 1.29. The van der Waals surface area contributed by atoms with Crippen LogP contribution in [0.5, 0.6) is 5.75 Å². The first-order valence-corrected chi connectivity index (χ1v) is 9.63. The summed E-state index contributed by atoms with van der Waals surface area (Å²) in [6.45, 7) is 0.582. The van der Waals surface area contributed by atoms with E-state index in [0.29, 0.717) is 24.1 Å². The van der Waals surface area contributed by atoms with Crippen molar-refractivity contribution in [3.63, 3.8) is 0 Å². The molecule has 1 aromatic heterocycles. The lowest BCUT2D eigenvalue weighted by atomic mass is 10.2. The molecule has 0 spiro atoms. The molecule has 7 heteroatoms. The lowest BCUT2D eigenvalue weighted by Gasteiger charge is -2.09. The number of benzene rings is 1. The first-order chi connectivity index (χ1) is 12.3. The molecule has 0 unspecified atom stereocenters. The SMILES string of the molecule is COC(=O)c1ccc(OCCSc2nnc(C3CC3)n2C2CC2)cc1. The zero-order chi connectivity index (χ0) is 17.2. The molecule has 1 heterocycles. The van der Waals surface area contributed by atoms with Crippen LogP contribution in [-0.4, -0.2) is 40.2 Å². The van der Waals surface area contributed by atoms with Gasteiger partial charge < -0.3 is 14.0 Å². The van der Waals surface area contributed by atoms with Gasteiger partial charge in [-0.15, -0.1) is 10.2 Å². The van der Waals surface area contributed by atoms with Crippen LogP contribution in [0.2, 0.25) is 0 Å². The number of methoxy groups -OCH3 is 1. The van der Waals surface area contributed by atoms with Crippen LogP contribution in [0.15, 0.2) is 29.4 Å². The van der Waals surface area contributed by atoms with Gasteiger partial charge in [-0.05, 0) is 49.9 Å². The molecule has 0 atom stereocenters. The molecule has 0 radical (unpaired) electrons. The van der Waals surface area contributed by atoms with Crippen LogP contribution in [0, 0.1) is 0 Å². The average Bonchev–Trinajstić information content (AvgIpc) is 3.57. The molecule has 0 saturated heterocycles. The van der Waals surface area contributed by atoms with E-state index in [1.807, 2.05) is 0 Å². The Kier molecular flexibility index (Phi) is 4.65. The predicted molar refractivity (Wildman–Crippen MR) is 94.3 cm³/mol. The molecule has 2 aliphatic carbocycles. The summed E-state index contributed by atoms with van der Waals surface area (Å²) in [5.74, 6) is 3.04. The van der Waals surface area contributed by atoms with Crippen LogP contribution in [0.25, 0.3) is 0 Å². The van der Waals surface area contributed by atoms with Crippen molar-refractivity contribution in [2.75, 3.05) is 19.5 Å². The molecule has 2 fully saturated rings. The van der Waals surface area contributed by atoms with Crippen molar-refractivity contribution < 1.29 is 14.3 Å². The van der Waals surface area contributed by atoms with Gasteiger partial charge in [0.15, 0.2) is 5.16 Å². The number of carbonyl (C=O) groups is 1. The van der Waals surface area contributed by atoms with Gasteiger partial charge in [-0.2, -0.15) is 0 Å². The summed E-state index contributed by atoms with van der Waals surface area (Å²) in [5, 5.41) is 9.83. The summed E-state index contributed by atoms with van der Waals surface area (Å²) in [6.07, 6.45) is 4.99. The highest BCUT2D eigenvalue weighted by molar-refractivity contribution is 7.99. The Labute approximate surface area is 150 Å². The summed E-state index contributed by atoms with van der Waals surface area (Å²) in [4.78, 5) is 11.4. The number of aromatic nitrogens is 3. The van der Waals surface area contributed by atoms with Crippen LogP contribution in [-0.2, 0) is 4.74 Å². The van der Waals surface area contributed by atoms with E-state index < -0.39 is 0 Å². The van der Waals surface area contributed by atoms with E-state index in [2.05, 4.69) is 19.5 Å². The Morgan fingerprint density at radius 3 is 2.60 bits per heavy atom. The molecule has 132 valence electrons. The molecule has 0 aliphatic heterocycles. The van der Waals surface area contributed by atoms with Gasteiger partial charge in [-0.3, -0.25) is 0 Å². The minimum absolute atomic E-state index is 0.340. The lowest BCUT2D eigenvalue weighted by molar-refractivity contribution is 0.0600. The summed E-state index contributed by atoms with van der Waals surface area (Å²) < 4.78 is 12.8. The van der Waals surface area contributed by atoms with E-state index in [0.717, 1.165) is 16.7 Å². The van der Waals surface area contributed by atoms with E-state index in [1.54, 1.807) is 36.0 Å². The maximum Gasteiger partial charge on any atom is 0.337 e. The summed E-state index contributed by atoms with van der Waals surface area (Å²) in [5.41, 5.74) is 0.523. The van der Waals surface area contributed by atoms with Gasteiger partial charge in [-0.25, -0.2) is 4.79 Å². The van der Waals surface area contributed by atoms with Crippen LogP contribution < -0.4 is 4.74 Å². The second kappa shape index (κ2) is 7.07. The van der Waals surface area contributed by atoms with E-state index >= 15 is 0 Å². The fourth-order valence-electron chi connectivity index (χ4n) is 2.78. The third kappa shape index (κ3) is 3.81. The minimum Gasteiger partial charge on any atom is -0.493 e. The Morgan fingerprint density at radius 2 is 1.96 bits per heavy atom. The number of thioether (sulfide) groups is 1.